The van der Waals surface area contributed by atoms with E-state index in [4.69, 9.17) is 4.42 Å². The lowest BCUT2D eigenvalue weighted by Gasteiger charge is -2.09. The van der Waals surface area contributed by atoms with E-state index in [1.807, 2.05) is 6.92 Å². The van der Waals surface area contributed by atoms with Crippen LogP contribution < -0.4 is 10.0 Å². The third-order valence-electron chi connectivity index (χ3n) is 3.14. The molecule has 1 aromatic rings. The highest BCUT2D eigenvalue weighted by Gasteiger charge is 2.26. The molecular formula is C14H26N2O3S. The van der Waals surface area contributed by atoms with Gasteiger partial charge in [0.05, 0.1) is 0 Å². The number of sulfonamides is 1. The SMILES string of the molecule is CCCCNS(=O)(=O)c1c(C)oc(C)c1CNCCC. The summed E-state index contributed by atoms with van der Waals surface area (Å²) in [6, 6.07) is 0. The molecule has 116 valence electrons. The number of unbranched alkanes of at least 4 members (excludes halogenated alkanes) is 1. The lowest BCUT2D eigenvalue weighted by Crippen LogP contribution is -2.27. The Hall–Kier alpha value is -0.850. The van der Waals surface area contributed by atoms with Gasteiger partial charge in [-0.1, -0.05) is 20.3 Å². The third-order valence-corrected chi connectivity index (χ3v) is 4.80. The maximum Gasteiger partial charge on any atom is 0.244 e. The van der Waals surface area contributed by atoms with E-state index in [-0.39, 0.29) is 0 Å². The highest BCUT2D eigenvalue weighted by atomic mass is 32.2. The van der Waals surface area contributed by atoms with Gasteiger partial charge >= 0.3 is 0 Å². The zero-order valence-corrected chi connectivity index (χ0v) is 13.7. The lowest BCUT2D eigenvalue weighted by atomic mass is 10.2. The fraction of sp³-hybridized carbons (Fsp3) is 0.714. The number of nitrogens with one attached hydrogen (secondary N) is 2. The second-order valence-electron chi connectivity index (χ2n) is 4.95. The van der Waals surface area contributed by atoms with E-state index in [0.29, 0.717) is 29.5 Å². The van der Waals surface area contributed by atoms with Crippen LogP contribution in [0.4, 0.5) is 0 Å². The second-order valence-corrected chi connectivity index (χ2v) is 6.65. The summed E-state index contributed by atoms with van der Waals surface area (Å²) >= 11 is 0. The zero-order chi connectivity index (χ0) is 15.2. The molecular weight excluding hydrogens is 276 g/mol. The Kier molecular flexibility index (Phi) is 6.71. The molecule has 0 saturated heterocycles. The molecule has 0 radical (unpaired) electrons. The van der Waals surface area contributed by atoms with Crippen molar-refractivity contribution in [2.45, 2.75) is 58.4 Å². The van der Waals surface area contributed by atoms with Crippen LogP contribution in [0.25, 0.3) is 0 Å². The molecule has 5 nitrogen and oxygen atoms in total. The van der Waals surface area contributed by atoms with Crippen molar-refractivity contribution in [2.75, 3.05) is 13.1 Å². The Morgan fingerprint density at radius 2 is 1.75 bits per heavy atom. The maximum atomic E-state index is 12.4. The highest BCUT2D eigenvalue weighted by molar-refractivity contribution is 7.89. The van der Waals surface area contributed by atoms with Gasteiger partial charge in [0.1, 0.15) is 16.4 Å². The quantitative estimate of drug-likeness (QED) is 0.687. The van der Waals surface area contributed by atoms with Crippen LogP contribution in [-0.4, -0.2) is 21.5 Å². The number of aryl methyl sites for hydroxylation is 2. The van der Waals surface area contributed by atoms with Gasteiger partial charge < -0.3 is 9.73 Å². The average molecular weight is 302 g/mol. The van der Waals surface area contributed by atoms with Gasteiger partial charge in [0.15, 0.2) is 0 Å². The molecule has 0 aliphatic carbocycles. The Morgan fingerprint density at radius 1 is 1.05 bits per heavy atom. The van der Waals surface area contributed by atoms with Crippen LogP contribution in [0.5, 0.6) is 0 Å². The van der Waals surface area contributed by atoms with Gasteiger partial charge in [-0.25, -0.2) is 13.1 Å². The molecule has 0 spiro atoms. The molecule has 0 atom stereocenters. The number of hydrogen-bond donors (Lipinski definition) is 2. The minimum Gasteiger partial charge on any atom is -0.465 e. The molecule has 2 N–H and O–H groups in total. The summed E-state index contributed by atoms with van der Waals surface area (Å²) in [6.07, 6.45) is 2.79. The Balaban J connectivity index is 2.97. The molecule has 1 heterocycles. The molecule has 20 heavy (non-hydrogen) atoms. The molecule has 0 saturated carbocycles. The van der Waals surface area contributed by atoms with Crippen molar-refractivity contribution in [1.29, 1.82) is 0 Å². The average Bonchev–Trinajstić information content (AvgIpc) is 2.65. The first-order chi connectivity index (χ1) is 9.44. The largest absolute Gasteiger partial charge is 0.465 e. The van der Waals surface area contributed by atoms with Crippen LogP contribution in [0.3, 0.4) is 0 Å². The van der Waals surface area contributed by atoms with Gasteiger partial charge in [-0.3, -0.25) is 0 Å². The summed E-state index contributed by atoms with van der Waals surface area (Å²) in [5.41, 5.74) is 0.736. The molecule has 0 aliphatic heterocycles. The summed E-state index contributed by atoms with van der Waals surface area (Å²) in [4.78, 5) is 0.301. The van der Waals surface area contributed by atoms with E-state index in [9.17, 15) is 8.42 Å². The molecule has 1 aromatic heterocycles. The topological polar surface area (TPSA) is 71.3 Å². The van der Waals surface area contributed by atoms with Crippen molar-refractivity contribution in [3.8, 4) is 0 Å². The third kappa shape index (κ3) is 4.33. The molecule has 1 rings (SSSR count). The predicted molar refractivity (Wildman–Crippen MR) is 80.3 cm³/mol. The molecule has 0 aromatic carbocycles. The van der Waals surface area contributed by atoms with E-state index >= 15 is 0 Å². The molecule has 0 unspecified atom stereocenters. The molecule has 0 aliphatic rings. The van der Waals surface area contributed by atoms with Crippen LogP contribution in [-0.2, 0) is 16.6 Å². The van der Waals surface area contributed by atoms with Gasteiger partial charge in [0.25, 0.3) is 0 Å². The highest BCUT2D eigenvalue weighted by Crippen LogP contribution is 2.26. The second kappa shape index (κ2) is 7.81. The number of hydrogen-bond acceptors (Lipinski definition) is 4. The van der Waals surface area contributed by atoms with E-state index in [1.165, 1.54) is 0 Å². The summed E-state index contributed by atoms with van der Waals surface area (Å²) in [5, 5.41) is 3.23. The van der Waals surface area contributed by atoms with E-state index < -0.39 is 10.0 Å². The van der Waals surface area contributed by atoms with Crippen molar-refractivity contribution in [2.24, 2.45) is 0 Å². The fourth-order valence-electron chi connectivity index (χ4n) is 2.11. The van der Waals surface area contributed by atoms with Crippen LogP contribution in [0.2, 0.25) is 0 Å². The van der Waals surface area contributed by atoms with Crippen molar-refractivity contribution in [3.05, 3.63) is 17.1 Å². The minimum atomic E-state index is -3.49. The lowest BCUT2D eigenvalue weighted by molar-refractivity contribution is 0.492. The van der Waals surface area contributed by atoms with Crippen LogP contribution in [0.1, 0.15) is 50.2 Å². The van der Waals surface area contributed by atoms with Crippen LogP contribution in [0.15, 0.2) is 9.31 Å². The number of rotatable bonds is 9. The molecule has 0 fully saturated rings. The van der Waals surface area contributed by atoms with Crippen molar-refractivity contribution in [1.82, 2.24) is 10.0 Å². The van der Waals surface area contributed by atoms with Gasteiger partial charge in [-0.2, -0.15) is 0 Å². The summed E-state index contributed by atoms with van der Waals surface area (Å²) in [5.74, 6) is 1.13. The van der Waals surface area contributed by atoms with E-state index in [1.54, 1.807) is 13.8 Å². The first kappa shape index (κ1) is 17.2. The standard InChI is InChI=1S/C14H26N2O3S/c1-5-7-9-16-20(17,18)14-12(4)19-11(3)13(14)10-15-8-6-2/h15-16H,5-10H2,1-4H3. The van der Waals surface area contributed by atoms with Crippen molar-refractivity contribution in [3.63, 3.8) is 0 Å². The zero-order valence-electron chi connectivity index (χ0n) is 12.9. The Morgan fingerprint density at radius 3 is 2.35 bits per heavy atom. The number of furan rings is 1. The minimum absolute atomic E-state index is 0.301. The van der Waals surface area contributed by atoms with Gasteiger partial charge in [0, 0.05) is 18.7 Å². The molecule has 6 heteroatoms. The van der Waals surface area contributed by atoms with Crippen LogP contribution in [0, 0.1) is 13.8 Å². The smallest absolute Gasteiger partial charge is 0.244 e. The maximum absolute atomic E-state index is 12.4. The summed E-state index contributed by atoms with van der Waals surface area (Å²) in [7, 11) is -3.49. The van der Waals surface area contributed by atoms with Gasteiger partial charge in [-0.15, -0.1) is 0 Å². The van der Waals surface area contributed by atoms with E-state index in [0.717, 1.165) is 31.4 Å². The Bertz CT molecular complexity index is 521. The van der Waals surface area contributed by atoms with Crippen molar-refractivity contribution < 1.29 is 12.8 Å². The fourth-order valence-corrected chi connectivity index (χ4v) is 3.63. The summed E-state index contributed by atoms with van der Waals surface area (Å²) < 4.78 is 32.9. The van der Waals surface area contributed by atoms with Crippen LogP contribution >= 0.6 is 0 Å². The summed E-state index contributed by atoms with van der Waals surface area (Å²) in [6.45, 7) is 9.44. The van der Waals surface area contributed by atoms with Gasteiger partial charge in [-0.05, 0) is 33.2 Å². The predicted octanol–water partition coefficient (Wildman–Crippen LogP) is 2.47. The van der Waals surface area contributed by atoms with E-state index in [2.05, 4.69) is 17.0 Å². The van der Waals surface area contributed by atoms with Crippen molar-refractivity contribution >= 4 is 10.0 Å². The first-order valence-electron chi connectivity index (χ1n) is 7.23. The molecule has 0 bridgehead atoms. The van der Waals surface area contributed by atoms with Gasteiger partial charge in [0.2, 0.25) is 10.0 Å². The molecule has 0 amide bonds. The monoisotopic (exact) mass is 302 g/mol. The normalized spacial score (nSPS) is 12.0. The Labute approximate surface area is 122 Å². The first-order valence-corrected chi connectivity index (χ1v) is 8.71.